The van der Waals surface area contributed by atoms with Gasteiger partial charge >= 0.3 is 0 Å². The molecule has 2 rings (SSSR count). The lowest BCUT2D eigenvalue weighted by Crippen LogP contribution is -1.94. The molecule has 0 bridgehead atoms. The Bertz CT molecular complexity index is 311. The topological polar surface area (TPSA) is 0 Å². The molecule has 0 aliphatic heterocycles. The largest absolute Gasteiger partial charge is 0.0733 e. The van der Waals surface area contributed by atoms with Gasteiger partial charge in [0.25, 0.3) is 0 Å². The summed E-state index contributed by atoms with van der Waals surface area (Å²) in [4.78, 5) is 0. The molecule has 0 aromatic carbocycles. The van der Waals surface area contributed by atoms with Crippen LogP contribution in [0.3, 0.4) is 0 Å². The van der Waals surface area contributed by atoms with Crippen LogP contribution in [-0.2, 0) is 0 Å². The molecule has 0 heterocycles. The van der Waals surface area contributed by atoms with Crippen LogP contribution in [0.1, 0.15) is 20.3 Å². The van der Waals surface area contributed by atoms with Crippen molar-refractivity contribution in [2.45, 2.75) is 20.3 Å². The second-order valence-corrected chi connectivity index (χ2v) is 3.63. The van der Waals surface area contributed by atoms with Crippen LogP contribution >= 0.6 is 0 Å². The number of rotatable bonds is 0. The number of hydrogen-bond donors (Lipinski definition) is 0. The second-order valence-electron chi connectivity index (χ2n) is 3.63. The summed E-state index contributed by atoms with van der Waals surface area (Å²) in [6.07, 6.45) is 12.1. The van der Waals surface area contributed by atoms with Gasteiger partial charge in [0.05, 0.1) is 0 Å². The molecule has 0 radical (unpaired) electrons. The number of fused-ring (bicyclic) bond motifs is 1. The van der Waals surface area contributed by atoms with E-state index in [-0.39, 0.29) is 0 Å². The van der Waals surface area contributed by atoms with E-state index in [1.807, 2.05) is 0 Å². The lowest BCUT2D eigenvalue weighted by molar-refractivity contribution is 0.925. The van der Waals surface area contributed by atoms with Crippen LogP contribution in [0, 0.1) is 5.92 Å². The highest BCUT2D eigenvalue weighted by atomic mass is 14.3. The molecule has 0 aromatic heterocycles. The Labute approximate surface area is 74.0 Å². The van der Waals surface area contributed by atoms with Crippen molar-refractivity contribution in [3.8, 4) is 0 Å². The van der Waals surface area contributed by atoms with Crippen LogP contribution in [-0.4, -0.2) is 0 Å². The van der Waals surface area contributed by atoms with E-state index in [1.54, 1.807) is 16.7 Å². The van der Waals surface area contributed by atoms with Gasteiger partial charge in [0.2, 0.25) is 0 Å². The zero-order valence-electron chi connectivity index (χ0n) is 7.67. The molecule has 0 heteroatoms. The molecule has 2 aliphatic rings. The van der Waals surface area contributed by atoms with Gasteiger partial charge in [0.15, 0.2) is 0 Å². The summed E-state index contributed by atoms with van der Waals surface area (Å²) in [5.41, 5.74) is 4.64. The number of allylic oxidation sites excluding steroid dienone is 8. The SMILES string of the molecule is CC1=C(C)C2C=CC=CC=C2C1. The highest BCUT2D eigenvalue weighted by molar-refractivity contribution is 5.42. The van der Waals surface area contributed by atoms with Crippen molar-refractivity contribution in [1.29, 1.82) is 0 Å². The first kappa shape index (κ1) is 7.60. The fraction of sp³-hybridized carbons (Fsp3) is 0.333. The smallest absolute Gasteiger partial charge is 0.0196 e. The van der Waals surface area contributed by atoms with Gasteiger partial charge in [0, 0.05) is 5.92 Å². The summed E-state index contributed by atoms with van der Waals surface area (Å²) in [5.74, 6) is 0.597. The third-order valence-electron chi connectivity index (χ3n) is 2.84. The van der Waals surface area contributed by atoms with E-state index < -0.39 is 0 Å². The van der Waals surface area contributed by atoms with Crippen molar-refractivity contribution in [3.63, 3.8) is 0 Å². The molecule has 0 spiro atoms. The summed E-state index contributed by atoms with van der Waals surface area (Å²) in [6.45, 7) is 4.48. The average Bonchev–Trinajstić information content (AvgIpc) is 2.30. The third kappa shape index (κ3) is 1.08. The van der Waals surface area contributed by atoms with Crippen molar-refractivity contribution in [1.82, 2.24) is 0 Å². The fourth-order valence-corrected chi connectivity index (χ4v) is 1.95. The normalized spacial score (nSPS) is 27.2. The van der Waals surface area contributed by atoms with Gasteiger partial charge in [-0.05, 0) is 20.3 Å². The fourth-order valence-electron chi connectivity index (χ4n) is 1.95. The van der Waals surface area contributed by atoms with Crippen molar-refractivity contribution >= 4 is 0 Å². The number of hydrogen-bond acceptors (Lipinski definition) is 0. The molecule has 12 heavy (non-hydrogen) atoms. The molecule has 0 amide bonds. The van der Waals surface area contributed by atoms with Crippen LogP contribution in [0.25, 0.3) is 0 Å². The van der Waals surface area contributed by atoms with Crippen molar-refractivity contribution in [3.05, 3.63) is 47.1 Å². The van der Waals surface area contributed by atoms with E-state index in [1.165, 1.54) is 6.42 Å². The van der Waals surface area contributed by atoms with Crippen LogP contribution in [0.4, 0.5) is 0 Å². The van der Waals surface area contributed by atoms with Gasteiger partial charge in [0.1, 0.15) is 0 Å². The molecule has 0 nitrogen and oxygen atoms in total. The van der Waals surface area contributed by atoms with Gasteiger partial charge in [-0.2, -0.15) is 0 Å². The lowest BCUT2D eigenvalue weighted by Gasteiger charge is -2.07. The maximum absolute atomic E-state index is 2.29. The molecule has 62 valence electrons. The van der Waals surface area contributed by atoms with Gasteiger partial charge in [-0.15, -0.1) is 0 Å². The average molecular weight is 158 g/mol. The minimum atomic E-state index is 0.597. The van der Waals surface area contributed by atoms with E-state index in [0.717, 1.165) is 0 Å². The molecule has 0 N–H and O–H groups in total. The Morgan fingerprint density at radius 1 is 1.17 bits per heavy atom. The molecule has 0 saturated carbocycles. The van der Waals surface area contributed by atoms with Gasteiger partial charge in [-0.1, -0.05) is 47.1 Å². The lowest BCUT2D eigenvalue weighted by atomic mass is 9.98. The Balaban J connectivity index is 2.40. The van der Waals surface area contributed by atoms with E-state index >= 15 is 0 Å². The molecule has 2 aliphatic carbocycles. The Morgan fingerprint density at radius 3 is 2.83 bits per heavy atom. The van der Waals surface area contributed by atoms with Crippen LogP contribution in [0.5, 0.6) is 0 Å². The molecular weight excluding hydrogens is 144 g/mol. The Kier molecular flexibility index (Phi) is 1.76. The highest BCUT2D eigenvalue weighted by Gasteiger charge is 2.22. The Morgan fingerprint density at radius 2 is 2.00 bits per heavy atom. The van der Waals surface area contributed by atoms with Crippen LogP contribution in [0.15, 0.2) is 47.1 Å². The van der Waals surface area contributed by atoms with E-state index in [4.69, 9.17) is 0 Å². The zero-order valence-corrected chi connectivity index (χ0v) is 7.67. The van der Waals surface area contributed by atoms with Crippen molar-refractivity contribution in [2.24, 2.45) is 5.92 Å². The van der Waals surface area contributed by atoms with E-state index in [0.29, 0.717) is 5.92 Å². The molecule has 0 saturated heterocycles. The third-order valence-corrected chi connectivity index (χ3v) is 2.84. The monoisotopic (exact) mass is 158 g/mol. The standard InChI is InChI=1S/C12H14/c1-9-8-11-6-4-3-5-7-12(11)10(9)2/h3-7,12H,8H2,1-2H3. The first-order chi connectivity index (χ1) is 5.79. The highest BCUT2D eigenvalue weighted by Crippen LogP contribution is 2.37. The molecule has 0 aromatic rings. The van der Waals surface area contributed by atoms with E-state index in [9.17, 15) is 0 Å². The first-order valence-electron chi connectivity index (χ1n) is 4.49. The van der Waals surface area contributed by atoms with Gasteiger partial charge in [-0.25, -0.2) is 0 Å². The maximum Gasteiger partial charge on any atom is 0.0196 e. The molecule has 1 atom stereocenters. The van der Waals surface area contributed by atoms with Crippen molar-refractivity contribution in [2.75, 3.05) is 0 Å². The minimum absolute atomic E-state index is 0.597. The van der Waals surface area contributed by atoms with Crippen molar-refractivity contribution < 1.29 is 0 Å². The molecule has 1 unspecified atom stereocenters. The molecular formula is C12H14. The maximum atomic E-state index is 2.29. The first-order valence-corrected chi connectivity index (χ1v) is 4.49. The second kappa shape index (κ2) is 2.78. The summed E-state index contributed by atoms with van der Waals surface area (Å²) in [6, 6.07) is 0. The quantitative estimate of drug-likeness (QED) is 0.474. The van der Waals surface area contributed by atoms with Gasteiger partial charge in [-0.3, -0.25) is 0 Å². The predicted molar refractivity (Wildman–Crippen MR) is 52.8 cm³/mol. The van der Waals surface area contributed by atoms with E-state index in [2.05, 4.69) is 44.2 Å². The summed E-state index contributed by atoms with van der Waals surface area (Å²) in [7, 11) is 0. The zero-order chi connectivity index (χ0) is 8.55. The summed E-state index contributed by atoms with van der Waals surface area (Å²) < 4.78 is 0. The molecule has 0 fully saturated rings. The summed E-state index contributed by atoms with van der Waals surface area (Å²) >= 11 is 0. The predicted octanol–water partition coefficient (Wildman–Crippen LogP) is 3.40. The van der Waals surface area contributed by atoms with Crippen LogP contribution in [0.2, 0.25) is 0 Å². The van der Waals surface area contributed by atoms with Crippen LogP contribution < -0.4 is 0 Å². The van der Waals surface area contributed by atoms with Gasteiger partial charge < -0.3 is 0 Å². The Hall–Kier alpha value is -1.04. The minimum Gasteiger partial charge on any atom is -0.0733 e. The summed E-state index contributed by atoms with van der Waals surface area (Å²) in [5, 5.41) is 0.